The van der Waals surface area contributed by atoms with E-state index < -0.39 is 0 Å². The van der Waals surface area contributed by atoms with E-state index in [0.717, 1.165) is 11.3 Å². The number of carbonyl (C=O) groups excluding carboxylic acids is 2. The summed E-state index contributed by atoms with van der Waals surface area (Å²) in [5, 5.41) is 0. The molecule has 0 radical (unpaired) electrons. The lowest BCUT2D eigenvalue weighted by Crippen LogP contribution is -2.37. The van der Waals surface area contributed by atoms with Crippen LogP contribution in [0, 0.1) is 12.8 Å². The molecule has 4 heteroatoms. The first-order valence-electron chi connectivity index (χ1n) is 7.45. The Labute approximate surface area is 131 Å². The van der Waals surface area contributed by atoms with Crippen LogP contribution in [0.15, 0.2) is 49.6 Å². The first-order valence-corrected chi connectivity index (χ1v) is 7.45. The van der Waals surface area contributed by atoms with Crippen LogP contribution >= 0.6 is 0 Å². The molecule has 1 heterocycles. The van der Waals surface area contributed by atoms with Gasteiger partial charge in [0.15, 0.2) is 0 Å². The lowest BCUT2D eigenvalue weighted by atomic mass is 10.1. The van der Waals surface area contributed by atoms with Gasteiger partial charge in [0.1, 0.15) is 0 Å². The van der Waals surface area contributed by atoms with Crippen LogP contribution in [-0.2, 0) is 9.59 Å². The minimum absolute atomic E-state index is 0.00445. The Balaban J connectivity index is 2.14. The Morgan fingerprint density at radius 2 is 1.95 bits per heavy atom. The van der Waals surface area contributed by atoms with Gasteiger partial charge in [-0.25, -0.2) is 0 Å². The van der Waals surface area contributed by atoms with Crippen molar-refractivity contribution in [2.75, 3.05) is 24.5 Å². The van der Waals surface area contributed by atoms with Crippen LogP contribution in [0.1, 0.15) is 12.0 Å². The summed E-state index contributed by atoms with van der Waals surface area (Å²) in [5.74, 6) is -0.305. The van der Waals surface area contributed by atoms with E-state index in [0.29, 0.717) is 19.6 Å². The number of anilines is 1. The average molecular weight is 298 g/mol. The van der Waals surface area contributed by atoms with Gasteiger partial charge in [-0.1, -0.05) is 30.4 Å². The topological polar surface area (TPSA) is 40.6 Å². The highest BCUT2D eigenvalue weighted by Crippen LogP contribution is 2.28. The zero-order valence-electron chi connectivity index (χ0n) is 13.0. The Morgan fingerprint density at radius 3 is 2.55 bits per heavy atom. The monoisotopic (exact) mass is 298 g/mol. The second-order valence-corrected chi connectivity index (χ2v) is 5.51. The number of rotatable bonds is 6. The van der Waals surface area contributed by atoms with Crippen LogP contribution in [0.2, 0.25) is 0 Å². The van der Waals surface area contributed by atoms with Gasteiger partial charge in [-0.15, -0.1) is 13.2 Å². The number of benzene rings is 1. The molecule has 0 bridgehead atoms. The summed E-state index contributed by atoms with van der Waals surface area (Å²) in [5.41, 5.74) is 1.93. The van der Waals surface area contributed by atoms with Crippen LogP contribution < -0.4 is 4.90 Å². The van der Waals surface area contributed by atoms with Gasteiger partial charge in [-0.2, -0.15) is 0 Å². The summed E-state index contributed by atoms with van der Waals surface area (Å²) in [6.07, 6.45) is 3.65. The summed E-state index contributed by atoms with van der Waals surface area (Å²) < 4.78 is 0. The minimum atomic E-state index is -0.299. The van der Waals surface area contributed by atoms with Crippen LogP contribution in [0.3, 0.4) is 0 Å². The first kappa shape index (κ1) is 16.0. The van der Waals surface area contributed by atoms with E-state index in [1.54, 1.807) is 22.0 Å². The summed E-state index contributed by atoms with van der Waals surface area (Å²) in [6, 6.07) is 7.75. The van der Waals surface area contributed by atoms with E-state index in [9.17, 15) is 9.59 Å². The summed E-state index contributed by atoms with van der Waals surface area (Å²) in [7, 11) is 0. The quantitative estimate of drug-likeness (QED) is 0.757. The number of para-hydroxylation sites is 1. The Hall–Kier alpha value is -2.36. The lowest BCUT2D eigenvalue weighted by molar-refractivity contribution is -0.134. The molecule has 116 valence electrons. The molecule has 2 amide bonds. The largest absolute Gasteiger partial charge is 0.335 e. The fourth-order valence-electron chi connectivity index (χ4n) is 2.80. The number of hydrogen-bond donors (Lipinski definition) is 0. The highest BCUT2D eigenvalue weighted by atomic mass is 16.2. The molecule has 1 aliphatic heterocycles. The SMILES string of the molecule is C=CCN(CC=C)C(=O)C1CC(=O)N(c2ccccc2C)C1. The standard InChI is InChI=1S/C18H22N2O2/c1-4-10-19(11-5-2)18(22)15-12-17(21)20(13-15)16-9-7-6-8-14(16)3/h4-9,15H,1-2,10-13H2,3H3. The fourth-order valence-corrected chi connectivity index (χ4v) is 2.80. The molecule has 1 saturated heterocycles. The fraction of sp³-hybridized carbons (Fsp3) is 0.333. The summed E-state index contributed by atoms with van der Waals surface area (Å²) >= 11 is 0. The maximum atomic E-state index is 12.6. The first-order chi connectivity index (χ1) is 10.6. The van der Waals surface area contributed by atoms with E-state index in [-0.39, 0.29) is 24.2 Å². The van der Waals surface area contributed by atoms with Crippen molar-refractivity contribution < 1.29 is 9.59 Å². The zero-order chi connectivity index (χ0) is 16.1. The van der Waals surface area contributed by atoms with Gasteiger partial charge in [-0.05, 0) is 18.6 Å². The lowest BCUT2D eigenvalue weighted by Gasteiger charge is -2.23. The predicted octanol–water partition coefficient (Wildman–Crippen LogP) is 2.55. The average Bonchev–Trinajstić information content (AvgIpc) is 2.88. The van der Waals surface area contributed by atoms with Crippen molar-refractivity contribution in [3.05, 3.63) is 55.1 Å². The number of carbonyl (C=O) groups is 2. The van der Waals surface area contributed by atoms with Crippen LogP contribution in [0.5, 0.6) is 0 Å². The molecule has 1 unspecified atom stereocenters. The third-order valence-electron chi connectivity index (χ3n) is 3.89. The molecular weight excluding hydrogens is 276 g/mol. The van der Waals surface area contributed by atoms with Gasteiger partial charge in [0, 0.05) is 31.7 Å². The van der Waals surface area contributed by atoms with Gasteiger partial charge in [0.2, 0.25) is 11.8 Å². The van der Waals surface area contributed by atoms with Crippen LogP contribution in [0.4, 0.5) is 5.69 Å². The maximum absolute atomic E-state index is 12.6. The molecule has 1 aromatic rings. The Kier molecular flexibility index (Phi) is 5.15. The van der Waals surface area contributed by atoms with E-state index in [1.807, 2.05) is 31.2 Å². The third kappa shape index (κ3) is 3.27. The molecule has 22 heavy (non-hydrogen) atoms. The highest BCUT2D eigenvalue weighted by Gasteiger charge is 2.37. The normalized spacial score (nSPS) is 17.4. The molecule has 0 N–H and O–H groups in total. The smallest absolute Gasteiger partial charge is 0.228 e. The number of hydrogen-bond acceptors (Lipinski definition) is 2. The van der Waals surface area contributed by atoms with Crippen molar-refractivity contribution in [2.24, 2.45) is 5.92 Å². The molecular formula is C18H22N2O2. The summed E-state index contributed by atoms with van der Waals surface area (Å²) in [4.78, 5) is 28.3. The second-order valence-electron chi connectivity index (χ2n) is 5.51. The molecule has 2 rings (SSSR count). The maximum Gasteiger partial charge on any atom is 0.228 e. The van der Waals surface area contributed by atoms with Gasteiger partial charge in [-0.3, -0.25) is 9.59 Å². The molecule has 0 aliphatic carbocycles. The second kappa shape index (κ2) is 7.07. The van der Waals surface area contributed by atoms with Crippen molar-refractivity contribution >= 4 is 17.5 Å². The van der Waals surface area contributed by atoms with Crippen molar-refractivity contribution in [1.29, 1.82) is 0 Å². The van der Waals surface area contributed by atoms with Crippen molar-refractivity contribution in [2.45, 2.75) is 13.3 Å². The van der Waals surface area contributed by atoms with E-state index >= 15 is 0 Å². The number of aryl methyl sites for hydroxylation is 1. The molecule has 0 spiro atoms. The van der Waals surface area contributed by atoms with E-state index in [1.165, 1.54) is 0 Å². The van der Waals surface area contributed by atoms with Gasteiger partial charge < -0.3 is 9.80 Å². The predicted molar refractivity (Wildman–Crippen MR) is 88.6 cm³/mol. The molecule has 0 aromatic heterocycles. The number of nitrogens with zero attached hydrogens (tertiary/aromatic N) is 2. The van der Waals surface area contributed by atoms with Crippen LogP contribution in [0.25, 0.3) is 0 Å². The highest BCUT2D eigenvalue weighted by molar-refractivity contribution is 6.00. The van der Waals surface area contributed by atoms with Gasteiger partial charge in [0.25, 0.3) is 0 Å². The third-order valence-corrected chi connectivity index (χ3v) is 3.89. The van der Waals surface area contributed by atoms with E-state index in [2.05, 4.69) is 13.2 Å². The molecule has 1 fully saturated rings. The van der Waals surface area contributed by atoms with Crippen molar-refractivity contribution in [1.82, 2.24) is 4.90 Å². The molecule has 1 atom stereocenters. The molecule has 1 aliphatic rings. The van der Waals surface area contributed by atoms with Gasteiger partial charge >= 0.3 is 0 Å². The van der Waals surface area contributed by atoms with Crippen molar-refractivity contribution in [3.63, 3.8) is 0 Å². The van der Waals surface area contributed by atoms with Gasteiger partial charge in [0.05, 0.1) is 5.92 Å². The molecule has 1 aromatic carbocycles. The molecule has 0 saturated carbocycles. The Morgan fingerprint density at radius 1 is 1.32 bits per heavy atom. The van der Waals surface area contributed by atoms with Crippen LogP contribution in [-0.4, -0.2) is 36.3 Å². The number of amides is 2. The van der Waals surface area contributed by atoms with E-state index in [4.69, 9.17) is 0 Å². The minimum Gasteiger partial charge on any atom is -0.335 e. The van der Waals surface area contributed by atoms with Crippen molar-refractivity contribution in [3.8, 4) is 0 Å². The summed E-state index contributed by atoms with van der Waals surface area (Å²) in [6.45, 7) is 10.7. The Bertz CT molecular complexity index is 585. The zero-order valence-corrected chi connectivity index (χ0v) is 13.0. The molecule has 4 nitrogen and oxygen atoms in total.